The lowest BCUT2D eigenvalue weighted by Gasteiger charge is -2.05. The van der Waals surface area contributed by atoms with Gasteiger partial charge in [0.1, 0.15) is 5.69 Å². The number of nitrogens with zero attached hydrogens (tertiary/aromatic N) is 2. The molecule has 1 heterocycles. The first-order valence-electron chi connectivity index (χ1n) is 5.14. The Labute approximate surface area is 108 Å². The monoisotopic (exact) mass is 293 g/mol. The predicted octanol–water partition coefficient (Wildman–Crippen LogP) is 2.74. The standard InChI is InChI=1S/C12H12BrN3O/c1-8-6-11(16(2)15-8)12(17)14-10-5-3-4-9(13)7-10/h3-7H,1-2H3,(H,14,17). The Morgan fingerprint density at radius 3 is 2.76 bits per heavy atom. The molecule has 0 aliphatic rings. The molecule has 0 atom stereocenters. The average Bonchev–Trinajstić information content (AvgIpc) is 2.58. The summed E-state index contributed by atoms with van der Waals surface area (Å²) in [6.45, 7) is 1.86. The highest BCUT2D eigenvalue weighted by molar-refractivity contribution is 9.10. The molecule has 17 heavy (non-hydrogen) atoms. The molecule has 0 bridgehead atoms. The van der Waals surface area contributed by atoms with Gasteiger partial charge in [-0.3, -0.25) is 9.48 Å². The minimum Gasteiger partial charge on any atom is -0.321 e. The van der Waals surface area contributed by atoms with Crippen molar-refractivity contribution in [2.75, 3.05) is 5.32 Å². The fraction of sp³-hybridized carbons (Fsp3) is 0.167. The van der Waals surface area contributed by atoms with E-state index < -0.39 is 0 Å². The van der Waals surface area contributed by atoms with Gasteiger partial charge in [0, 0.05) is 17.2 Å². The molecule has 2 rings (SSSR count). The molecule has 0 unspecified atom stereocenters. The molecule has 0 aliphatic heterocycles. The Balaban J connectivity index is 2.20. The van der Waals surface area contributed by atoms with Crippen molar-refractivity contribution in [1.82, 2.24) is 9.78 Å². The minimum absolute atomic E-state index is 0.161. The van der Waals surface area contributed by atoms with Crippen LogP contribution in [0.25, 0.3) is 0 Å². The van der Waals surface area contributed by atoms with Gasteiger partial charge in [-0.2, -0.15) is 5.10 Å². The van der Waals surface area contributed by atoms with E-state index in [4.69, 9.17) is 0 Å². The van der Waals surface area contributed by atoms with Crippen LogP contribution in [0.3, 0.4) is 0 Å². The minimum atomic E-state index is -0.161. The van der Waals surface area contributed by atoms with Gasteiger partial charge in [0.05, 0.1) is 5.69 Å². The molecule has 0 saturated heterocycles. The third-order valence-electron chi connectivity index (χ3n) is 2.32. The number of benzene rings is 1. The summed E-state index contributed by atoms with van der Waals surface area (Å²) in [7, 11) is 1.75. The lowest BCUT2D eigenvalue weighted by atomic mass is 10.3. The highest BCUT2D eigenvalue weighted by atomic mass is 79.9. The van der Waals surface area contributed by atoms with Crippen LogP contribution in [0.5, 0.6) is 0 Å². The fourth-order valence-corrected chi connectivity index (χ4v) is 1.98. The molecular weight excluding hydrogens is 282 g/mol. The second kappa shape index (κ2) is 4.71. The second-order valence-electron chi connectivity index (χ2n) is 3.76. The lowest BCUT2D eigenvalue weighted by Crippen LogP contribution is -2.15. The van der Waals surface area contributed by atoms with E-state index in [1.54, 1.807) is 17.8 Å². The van der Waals surface area contributed by atoms with Gasteiger partial charge in [-0.1, -0.05) is 22.0 Å². The first-order chi connectivity index (χ1) is 8.06. The first kappa shape index (κ1) is 11.9. The smallest absolute Gasteiger partial charge is 0.273 e. The van der Waals surface area contributed by atoms with Gasteiger partial charge in [0.2, 0.25) is 0 Å². The van der Waals surface area contributed by atoms with E-state index in [1.807, 2.05) is 31.2 Å². The number of halogens is 1. The van der Waals surface area contributed by atoms with Crippen molar-refractivity contribution in [3.05, 3.63) is 46.2 Å². The number of hydrogen-bond acceptors (Lipinski definition) is 2. The van der Waals surface area contributed by atoms with Gasteiger partial charge in [-0.25, -0.2) is 0 Å². The van der Waals surface area contributed by atoms with Crippen molar-refractivity contribution in [2.24, 2.45) is 7.05 Å². The van der Waals surface area contributed by atoms with E-state index in [9.17, 15) is 4.79 Å². The van der Waals surface area contributed by atoms with E-state index in [1.165, 1.54) is 0 Å². The van der Waals surface area contributed by atoms with E-state index in [-0.39, 0.29) is 5.91 Å². The quantitative estimate of drug-likeness (QED) is 0.925. The predicted molar refractivity (Wildman–Crippen MR) is 70.0 cm³/mol. The summed E-state index contributed by atoms with van der Waals surface area (Å²) in [4.78, 5) is 12.0. The molecule has 0 radical (unpaired) electrons. The molecule has 1 aromatic carbocycles. The van der Waals surface area contributed by atoms with Crippen LogP contribution in [-0.2, 0) is 7.05 Å². The molecular formula is C12H12BrN3O. The number of hydrogen-bond donors (Lipinski definition) is 1. The number of rotatable bonds is 2. The summed E-state index contributed by atoms with van der Waals surface area (Å²) in [5.74, 6) is -0.161. The number of nitrogens with one attached hydrogen (secondary N) is 1. The normalized spacial score (nSPS) is 10.3. The Kier molecular flexibility index (Phi) is 3.28. The summed E-state index contributed by atoms with van der Waals surface area (Å²) in [6.07, 6.45) is 0. The van der Waals surface area contributed by atoms with Gasteiger partial charge in [0.25, 0.3) is 5.91 Å². The molecule has 2 aromatic rings. The van der Waals surface area contributed by atoms with E-state index in [0.717, 1.165) is 15.9 Å². The second-order valence-corrected chi connectivity index (χ2v) is 4.67. The van der Waals surface area contributed by atoms with Gasteiger partial charge in [-0.05, 0) is 31.2 Å². The van der Waals surface area contributed by atoms with Crippen molar-refractivity contribution in [3.8, 4) is 0 Å². The zero-order valence-corrected chi connectivity index (χ0v) is 11.2. The van der Waals surface area contributed by atoms with E-state index >= 15 is 0 Å². The van der Waals surface area contributed by atoms with Gasteiger partial charge in [-0.15, -0.1) is 0 Å². The van der Waals surface area contributed by atoms with Crippen LogP contribution in [0, 0.1) is 6.92 Å². The third-order valence-corrected chi connectivity index (χ3v) is 2.81. The van der Waals surface area contributed by atoms with Crippen molar-refractivity contribution in [2.45, 2.75) is 6.92 Å². The van der Waals surface area contributed by atoms with Crippen molar-refractivity contribution >= 4 is 27.5 Å². The zero-order valence-electron chi connectivity index (χ0n) is 9.57. The molecule has 0 spiro atoms. The number of aromatic nitrogens is 2. The summed E-state index contributed by atoms with van der Waals surface area (Å²) >= 11 is 3.36. The van der Waals surface area contributed by atoms with Crippen LogP contribution in [0.15, 0.2) is 34.8 Å². The Morgan fingerprint density at radius 2 is 2.18 bits per heavy atom. The number of anilines is 1. The van der Waals surface area contributed by atoms with E-state index in [2.05, 4.69) is 26.3 Å². The SMILES string of the molecule is Cc1cc(C(=O)Nc2cccc(Br)c2)n(C)n1. The molecule has 1 N–H and O–H groups in total. The third kappa shape index (κ3) is 2.74. The lowest BCUT2D eigenvalue weighted by molar-refractivity contribution is 0.101. The first-order valence-corrected chi connectivity index (χ1v) is 5.93. The highest BCUT2D eigenvalue weighted by Gasteiger charge is 2.11. The van der Waals surface area contributed by atoms with Crippen LogP contribution in [0.4, 0.5) is 5.69 Å². The maximum absolute atomic E-state index is 12.0. The van der Waals surface area contributed by atoms with E-state index in [0.29, 0.717) is 5.69 Å². The van der Waals surface area contributed by atoms with Gasteiger partial charge in [0.15, 0.2) is 0 Å². The van der Waals surface area contributed by atoms with Crippen LogP contribution in [0.1, 0.15) is 16.2 Å². The summed E-state index contributed by atoms with van der Waals surface area (Å²) in [6, 6.07) is 9.22. The molecule has 1 amide bonds. The van der Waals surface area contributed by atoms with Crippen LogP contribution in [0.2, 0.25) is 0 Å². The molecule has 4 nitrogen and oxygen atoms in total. The van der Waals surface area contributed by atoms with Crippen LogP contribution >= 0.6 is 15.9 Å². The number of aryl methyl sites for hydroxylation is 2. The average molecular weight is 294 g/mol. The Morgan fingerprint density at radius 1 is 1.41 bits per heavy atom. The molecule has 5 heteroatoms. The van der Waals surface area contributed by atoms with Crippen LogP contribution < -0.4 is 5.32 Å². The largest absolute Gasteiger partial charge is 0.321 e. The summed E-state index contributed by atoms with van der Waals surface area (Å²) in [5, 5.41) is 6.96. The molecule has 0 aliphatic carbocycles. The fourth-order valence-electron chi connectivity index (χ4n) is 1.58. The molecule has 0 fully saturated rings. The Hall–Kier alpha value is -1.62. The zero-order chi connectivity index (χ0) is 12.4. The van der Waals surface area contributed by atoms with Gasteiger partial charge >= 0.3 is 0 Å². The maximum atomic E-state index is 12.0. The Bertz CT molecular complexity index is 563. The maximum Gasteiger partial charge on any atom is 0.273 e. The van der Waals surface area contributed by atoms with Gasteiger partial charge < -0.3 is 5.32 Å². The molecule has 1 aromatic heterocycles. The van der Waals surface area contributed by atoms with Crippen molar-refractivity contribution in [1.29, 1.82) is 0 Å². The summed E-state index contributed by atoms with van der Waals surface area (Å²) < 4.78 is 2.50. The number of carbonyl (C=O) groups is 1. The van der Waals surface area contributed by atoms with Crippen molar-refractivity contribution in [3.63, 3.8) is 0 Å². The number of amides is 1. The molecule has 88 valence electrons. The van der Waals surface area contributed by atoms with Crippen molar-refractivity contribution < 1.29 is 4.79 Å². The molecule has 0 saturated carbocycles. The topological polar surface area (TPSA) is 46.9 Å². The summed E-state index contributed by atoms with van der Waals surface area (Å²) in [5.41, 5.74) is 2.12. The number of carbonyl (C=O) groups excluding carboxylic acids is 1. The van der Waals surface area contributed by atoms with Crippen LogP contribution in [-0.4, -0.2) is 15.7 Å². The highest BCUT2D eigenvalue weighted by Crippen LogP contribution is 2.16.